The monoisotopic (exact) mass is 170 g/mol. The van der Waals surface area contributed by atoms with E-state index in [1.54, 1.807) is 0 Å². The Hall–Kier alpha value is -0.830. The summed E-state index contributed by atoms with van der Waals surface area (Å²) < 4.78 is 0. The lowest BCUT2D eigenvalue weighted by molar-refractivity contribution is 0.953. The van der Waals surface area contributed by atoms with Crippen molar-refractivity contribution in [2.75, 3.05) is 0 Å². The molecule has 1 N–H and O–H groups in total. The summed E-state index contributed by atoms with van der Waals surface area (Å²) in [6.07, 6.45) is 3.54. The second-order valence-corrected chi connectivity index (χ2v) is 3.10. The van der Waals surface area contributed by atoms with E-state index in [4.69, 9.17) is 11.6 Å². The van der Waals surface area contributed by atoms with Gasteiger partial charge in [0.1, 0.15) is 10.8 Å². The van der Waals surface area contributed by atoms with E-state index in [-0.39, 0.29) is 5.56 Å². The molecule has 1 saturated carbocycles. The molecule has 0 aliphatic heterocycles. The molecule has 1 aliphatic carbocycles. The molecule has 0 spiro atoms. The molecular weight excluding hydrogens is 164 g/mol. The van der Waals surface area contributed by atoms with Gasteiger partial charge >= 0.3 is 0 Å². The van der Waals surface area contributed by atoms with Crippen molar-refractivity contribution in [2.24, 2.45) is 0 Å². The van der Waals surface area contributed by atoms with Crippen LogP contribution in [0.1, 0.15) is 24.5 Å². The number of hydrogen-bond donors (Lipinski definition) is 1. The number of aromatic amines is 1. The smallest absolute Gasteiger partial charge is 0.270 e. The maximum absolute atomic E-state index is 11.1. The Kier molecular flexibility index (Phi) is 1.46. The van der Waals surface area contributed by atoms with Crippen molar-refractivity contribution in [3.05, 3.63) is 27.4 Å². The molecular formula is C7H7ClN2O. The first-order chi connectivity index (χ1) is 5.27. The Morgan fingerprint density at radius 1 is 1.64 bits per heavy atom. The number of nitrogens with one attached hydrogen (secondary N) is 1. The van der Waals surface area contributed by atoms with Gasteiger partial charge in [-0.15, -0.1) is 0 Å². The summed E-state index contributed by atoms with van der Waals surface area (Å²) >= 11 is 5.61. The molecule has 0 aromatic carbocycles. The maximum Gasteiger partial charge on any atom is 0.270 e. The zero-order valence-electron chi connectivity index (χ0n) is 5.80. The average Bonchev–Trinajstić information content (AvgIpc) is 2.76. The van der Waals surface area contributed by atoms with Crippen LogP contribution in [-0.4, -0.2) is 9.97 Å². The van der Waals surface area contributed by atoms with E-state index in [1.165, 1.54) is 6.20 Å². The van der Waals surface area contributed by atoms with Crippen LogP contribution in [0.15, 0.2) is 11.0 Å². The van der Waals surface area contributed by atoms with E-state index < -0.39 is 0 Å². The molecule has 0 amide bonds. The van der Waals surface area contributed by atoms with Crippen LogP contribution in [0.2, 0.25) is 5.15 Å². The number of nitrogens with zero attached hydrogens (tertiary/aromatic N) is 1. The minimum Gasteiger partial charge on any atom is -0.324 e. The zero-order valence-corrected chi connectivity index (χ0v) is 6.56. The highest BCUT2D eigenvalue weighted by molar-refractivity contribution is 6.29. The summed E-state index contributed by atoms with van der Waals surface area (Å²) in [5, 5.41) is 0.367. The molecule has 0 saturated heterocycles. The van der Waals surface area contributed by atoms with E-state index >= 15 is 0 Å². The predicted octanol–water partition coefficient (Wildman–Crippen LogP) is 1.30. The standard InChI is InChI=1S/C7H7ClN2O/c8-5-3-9-7(11)6(10-5)4-1-2-4/h3-4H,1-2H2,(H,9,11). The summed E-state index contributed by atoms with van der Waals surface area (Å²) in [5.74, 6) is 0.359. The van der Waals surface area contributed by atoms with Crippen molar-refractivity contribution in [3.8, 4) is 0 Å². The van der Waals surface area contributed by atoms with Crippen molar-refractivity contribution >= 4 is 11.6 Å². The first-order valence-corrected chi connectivity index (χ1v) is 3.90. The molecule has 0 bridgehead atoms. The fourth-order valence-corrected chi connectivity index (χ4v) is 1.18. The first kappa shape index (κ1) is 6.85. The van der Waals surface area contributed by atoms with E-state index in [9.17, 15) is 4.79 Å². The van der Waals surface area contributed by atoms with Crippen molar-refractivity contribution < 1.29 is 0 Å². The number of hydrogen-bond acceptors (Lipinski definition) is 2. The molecule has 4 heteroatoms. The molecule has 58 valence electrons. The largest absolute Gasteiger partial charge is 0.324 e. The fourth-order valence-electron chi connectivity index (χ4n) is 1.03. The second-order valence-electron chi connectivity index (χ2n) is 2.71. The highest BCUT2D eigenvalue weighted by Crippen LogP contribution is 2.37. The average molecular weight is 171 g/mol. The van der Waals surface area contributed by atoms with Crippen LogP contribution in [0.3, 0.4) is 0 Å². The molecule has 1 aromatic heterocycles. The van der Waals surface area contributed by atoms with Crippen molar-refractivity contribution in [3.63, 3.8) is 0 Å². The van der Waals surface area contributed by atoms with Crippen LogP contribution in [0.5, 0.6) is 0 Å². The maximum atomic E-state index is 11.1. The summed E-state index contributed by atoms with van der Waals surface area (Å²) in [6, 6.07) is 0. The Balaban J connectivity index is 2.51. The first-order valence-electron chi connectivity index (χ1n) is 3.52. The van der Waals surface area contributed by atoms with E-state index in [0.29, 0.717) is 16.8 Å². The number of halogens is 1. The van der Waals surface area contributed by atoms with Crippen LogP contribution in [0.4, 0.5) is 0 Å². The van der Waals surface area contributed by atoms with Gasteiger partial charge in [0.25, 0.3) is 5.56 Å². The molecule has 0 radical (unpaired) electrons. The molecule has 3 nitrogen and oxygen atoms in total. The van der Waals surface area contributed by atoms with Gasteiger partial charge in [-0.2, -0.15) is 0 Å². The van der Waals surface area contributed by atoms with Gasteiger partial charge in [0.15, 0.2) is 0 Å². The number of H-pyrrole nitrogens is 1. The fraction of sp³-hybridized carbons (Fsp3) is 0.429. The molecule has 1 fully saturated rings. The van der Waals surface area contributed by atoms with Crippen LogP contribution in [-0.2, 0) is 0 Å². The van der Waals surface area contributed by atoms with Crippen molar-refractivity contribution in [1.29, 1.82) is 0 Å². The van der Waals surface area contributed by atoms with Crippen LogP contribution >= 0.6 is 11.6 Å². The molecule has 1 aromatic rings. The van der Waals surface area contributed by atoms with Gasteiger partial charge in [-0.3, -0.25) is 4.79 Å². The molecule has 2 rings (SSSR count). The molecule has 1 aliphatic rings. The van der Waals surface area contributed by atoms with Gasteiger partial charge in [-0.05, 0) is 12.8 Å². The van der Waals surface area contributed by atoms with Gasteiger partial charge in [-0.25, -0.2) is 4.98 Å². The minimum absolute atomic E-state index is 0.100. The van der Waals surface area contributed by atoms with E-state index in [1.807, 2.05) is 0 Å². The molecule has 0 atom stereocenters. The third-order valence-corrected chi connectivity index (χ3v) is 1.94. The highest BCUT2D eigenvalue weighted by atomic mass is 35.5. The summed E-state index contributed by atoms with van der Waals surface area (Å²) in [5.41, 5.74) is 0.495. The van der Waals surface area contributed by atoms with Gasteiger partial charge in [-0.1, -0.05) is 11.6 Å². The van der Waals surface area contributed by atoms with Gasteiger partial charge < -0.3 is 4.98 Å². The Bertz CT molecular complexity index is 329. The lowest BCUT2D eigenvalue weighted by Gasteiger charge is -1.94. The summed E-state index contributed by atoms with van der Waals surface area (Å²) in [6.45, 7) is 0. The Morgan fingerprint density at radius 3 is 3.00 bits per heavy atom. The third-order valence-electron chi connectivity index (χ3n) is 1.75. The lowest BCUT2D eigenvalue weighted by Crippen LogP contribution is -2.13. The van der Waals surface area contributed by atoms with Gasteiger partial charge in [0, 0.05) is 12.1 Å². The van der Waals surface area contributed by atoms with Crippen molar-refractivity contribution in [2.45, 2.75) is 18.8 Å². The lowest BCUT2D eigenvalue weighted by atomic mass is 10.3. The van der Waals surface area contributed by atoms with E-state index in [2.05, 4.69) is 9.97 Å². The second kappa shape index (κ2) is 2.34. The number of rotatable bonds is 1. The van der Waals surface area contributed by atoms with Gasteiger partial charge in [0.05, 0.1) is 0 Å². The zero-order chi connectivity index (χ0) is 7.84. The molecule has 11 heavy (non-hydrogen) atoms. The minimum atomic E-state index is -0.100. The summed E-state index contributed by atoms with van der Waals surface area (Å²) in [7, 11) is 0. The Labute approximate surface area is 68.4 Å². The number of aromatic nitrogens is 2. The van der Waals surface area contributed by atoms with Crippen LogP contribution < -0.4 is 5.56 Å². The molecule has 1 heterocycles. The summed E-state index contributed by atoms with van der Waals surface area (Å²) in [4.78, 5) is 17.6. The normalized spacial score (nSPS) is 16.8. The van der Waals surface area contributed by atoms with Crippen LogP contribution in [0.25, 0.3) is 0 Å². The van der Waals surface area contributed by atoms with Gasteiger partial charge in [0.2, 0.25) is 0 Å². The predicted molar refractivity (Wildman–Crippen MR) is 41.8 cm³/mol. The quantitative estimate of drug-likeness (QED) is 0.691. The van der Waals surface area contributed by atoms with E-state index in [0.717, 1.165) is 12.8 Å². The van der Waals surface area contributed by atoms with Crippen LogP contribution in [0, 0.1) is 0 Å². The third kappa shape index (κ3) is 1.28. The topological polar surface area (TPSA) is 45.8 Å². The van der Waals surface area contributed by atoms with Crippen molar-refractivity contribution in [1.82, 2.24) is 9.97 Å². The SMILES string of the molecule is O=c1[nH]cc(Cl)nc1C1CC1. The molecule has 0 unspecified atom stereocenters. The highest BCUT2D eigenvalue weighted by Gasteiger charge is 2.27. The Morgan fingerprint density at radius 2 is 2.36 bits per heavy atom.